The maximum atomic E-state index is 3.59. The summed E-state index contributed by atoms with van der Waals surface area (Å²) in [6.07, 6.45) is 1.31. The molecule has 0 spiro atoms. The van der Waals surface area contributed by atoms with Crippen molar-refractivity contribution in [2.24, 2.45) is 0 Å². The number of thiophene rings is 1. The van der Waals surface area contributed by atoms with Crippen LogP contribution in [0.2, 0.25) is 0 Å². The molecular formula is C7H6Br2S. The highest BCUT2D eigenvalue weighted by molar-refractivity contribution is 9.11. The highest BCUT2D eigenvalue weighted by atomic mass is 79.9. The third-order valence-electron chi connectivity index (χ3n) is 1.67. The SMILES string of the molecule is Brc1ccc([C@@H]2C[C@H]2Br)s1. The Balaban J connectivity index is 2.20. The molecule has 10 heavy (non-hydrogen) atoms. The van der Waals surface area contributed by atoms with Crippen LogP contribution in [0.5, 0.6) is 0 Å². The predicted octanol–water partition coefficient (Wildman–Crippen LogP) is 3.76. The molecule has 1 aliphatic rings. The molecule has 0 aromatic carbocycles. The van der Waals surface area contributed by atoms with Crippen LogP contribution < -0.4 is 0 Å². The number of rotatable bonds is 1. The summed E-state index contributed by atoms with van der Waals surface area (Å²) in [4.78, 5) is 2.26. The first-order valence-corrected chi connectivity index (χ1v) is 5.69. The summed E-state index contributed by atoms with van der Waals surface area (Å²) < 4.78 is 1.24. The Morgan fingerprint density at radius 3 is 2.60 bits per heavy atom. The standard InChI is InChI=1S/C7H6Br2S/c8-5-3-4(5)6-1-2-7(9)10-6/h1-2,4-5H,3H2/t4-,5-/m1/s1. The van der Waals surface area contributed by atoms with E-state index in [1.54, 1.807) is 0 Å². The van der Waals surface area contributed by atoms with Gasteiger partial charge in [-0.1, -0.05) is 15.9 Å². The Labute approximate surface area is 80.9 Å². The van der Waals surface area contributed by atoms with Gasteiger partial charge in [-0.15, -0.1) is 11.3 Å². The smallest absolute Gasteiger partial charge is 0.0701 e. The van der Waals surface area contributed by atoms with Crippen molar-refractivity contribution in [1.29, 1.82) is 0 Å². The van der Waals surface area contributed by atoms with E-state index in [4.69, 9.17) is 0 Å². The third kappa shape index (κ3) is 1.31. The van der Waals surface area contributed by atoms with Gasteiger partial charge in [-0.25, -0.2) is 0 Å². The van der Waals surface area contributed by atoms with Gasteiger partial charge in [0.05, 0.1) is 3.79 Å². The Morgan fingerprint density at radius 2 is 2.20 bits per heavy atom. The van der Waals surface area contributed by atoms with Crippen LogP contribution in [-0.4, -0.2) is 4.83 Å². The van der Waals surface area contributed by atoms with Gasteiger partial charge in [0, 0.05) is 15.6 Å². The molecule has 1 heterocycles. The minimum atomic E-state index is 0.748. The van der Waals surface area contributed by atoms with Crippen molar-refractivity contribution in [2.75, 3.05) is 0 Å². The molecule has 1 fully saturated rings. The number of hydrogen-bond acceptors (Lipinski definition) is 1. The van der Waals surface area contributed by atoms with Crippen LogP contribution in [0.4, 0.5) is 0 Å². The fraction of sp³-hybridized carbons (Fsp3) is 0.429. The number of alkyl halides is 1. The summed E-state index contributed by atoms with van der Waals surface area (Å²) in [6.45, 7) is 0. The molecule has 54 valence electrons. The Hall–Kier alpha value is 0.660. The van der Waals surface area contributed by atoms with E-state index in [1.165, 1.54) is 15.1 Å². The van der Waals surface area contributed by atoms with Crippen LogP contribution in [0.25, 0.3) is 0 Å². The fourth-order valence-electron chi connectivity index (χ4n) is 0.986. The minimum absolute atomic E-state index is 0.748. The van der Waals surface area contributed by atoms with E-state index in [0.29, 0.717) is 0 Å². The third-order valence-corrected chi connectivity index (χ3v) is 4.44. The largest absolute Gasteiger partial charge is 0.133 e. The summed E-state index contributed by atoms with van der Waals surface area (Å²) in [5.41, 5.74) is 0. The molecule has 2 rings (SSSR count). The molecule has 3 heteroatoms. The van der Waals surface area contributed by atoms with Gasteiger partial charge in [0.2, 0.25) is 0 Å². The average Bonchev–Trinajstić information content (AvgIpc) is 2.42. The minimum Gasteiger partial charge on any atom is -0.133 e. The molecule has 2 atom stereocenters. The zero-order chi connectivity index (χ0) is 7.14. The van der Waals surface area contributed by atoms with Crippen LogP contribution in [0.1, 0.15) is 17.2 Å². The zero-order valence-electron chi connectivity index (χ0n) is 5.18. The molecule has 0 N–H and O–H groups in total. The van der Waals surface area contributed by atoms with Crippen molar-refractivity contribution in [1.82, 2.24) is 0 Å². The highest BCUT2D eigenvalue weighted by Crippen LogP contribution is 2.49. The maximum absolute atomic E-state index is 3.59. The summed E-state index contributed by atoms with van der Waals surface area (Å²) >= 11 is 8.89. The van der Waals surface area contributed by atoms with Crippen molar-refractivity contribution in [2.45, 2.75) is 17.2 Å². The van der Waals surface area contributed by atoms with Crippen LogP contribution in [0.3, 0.4) is 0 Å². The summed E-state index contributed by atoms with van der Waals surface area (Å²) in [5.74, 6) is 0.802. The van der Waals surface area contributed by atoms with Crippen LogP contribution in [0, 0.1) is 0 Å². The van der Waals surface area contributed by atoms with E-state index >= 15 is 0 Å². The van der Waals surface area contributed by atoms with E-state index in [9.17, 15) is 0 Å². The van der Waals surface area contributed by atoms with Crippen molar-refractivity contribution in [3.8, 4) is 0 Å². The summed E-state index contributed by atoms with van der Waals surface area (Å²) in [6, 6.07) is 4.33. The van der Waals surface area contributed by atoms with Crippen molar-refractivity contribution < 1.29 is 0 Å². The first-order chi connectivity index (χ1) is 4.77. The Kier molecular flexibility index (Phi) is 1.91. The molecule has 0 bridgehead atoms. The van der Waals surface area contributed by atoms with E-state index in [0.717, 1.165) is 10.7 Å². The first-order valence-electron chi connectivity index (χ1n) is 3.16. The second kappa shape index (κ2) is 2.61. The van der Waals surface area contributed by atoms with E-state index in [2.05, 4.69) is 44.0 Å². The number of halogens is 2. The van der Waals surface area contributed by atoms with Gasteiger partial charge in [0.15, 0.2) is 0 Å². The molecule has 1 aromatic heterocycles. The molecular weight excluding hydrogens is 276 g/mol. The highest BCUT2D eigenvalue weighted by Gasteiger charge is 2.36. The van der Waals surface area contributed by atoms with Crippen LogP contribution in [0.15, 0.2) is 15.9 Å². The van der Waals surface area contributed by atoms with Crippen LogP contribution in [-0.2, 0) is 0 Å². The maximum Gasteiger partial charge on any atom is 0.0701 e. The molecule has 0 aliphatic heterocycles. The predicted molar refractivity (Wildman–Crippen MR) is 52.1 cm³/mol. The van der Waals surface area contributed by atoms with Gasteiger partial charge in [-0.3, -0.25) is 0 Å². The van der Waals surface area contributed by atoms with Crippen molar-refractivity contribution in [3.63, 3.8) is 0 Å². The van der Waals surface area contributed by atoms with Gasteiger partial charge >= 0.3 is 0 Å². The van der Waals surface area contributed by atoms with Crippen molar-refractivity contribution >= 4 is 43.2 Å². The lowest BCUT2D eigenvalue weighted by Crippen LogP contribution is -1.70. The Bertz CT molecular complexity index is 244. The summed E-state index contributed by atoms with van der Waals surface area (Å²) in [7, 11) is 0. The molecule has 0 saturated heterocycles. The molecule has 0 unspecified atom stereocenters. The molecule has 0 nitrogen and oxygen atoms in total. The van der Waals surface area contributed by atoms with Crippen molar-refractivity contribution in [3.05, 3.63) is 20.8 Å². The Morgan fingerprint density at radius 1 is 1.50 bits per heavy atom. The molecule has 0 amide bonds. The van der Waals surface area contributed by atoms with Crippen LogP contribution >= 0.6 is 43.2 Å². The van der Waals surface area contributed by atoms with E-state index in [-0.39, 0.29) is 0 Å². The van der Waals surface area contributed by atoms with E-state index in [1.807, 2.05) is 11.3 Å². The first kappa shape index (κ1) is 7.32. The van der Waals surface area contributed by atoms with Gasteiger partial charge in [-0.05, 0) is 34.5 Å². The van der Waals surface area contributed by atoms with Gasteiger partial charge in [0.1, 0.15) is 0 Å². The lowest BCUT2D eigenvalue weighted by Gasteiger charge is -1.85. The second-order valence-corrected chi connectivity index (χ2v) is 6.17. The number of hydrogen-bond donors (Lipinski definition) is 0. The molecule has 1 saturated carbocycles. The van der Waals surface area contributed by atoms with E-state index < -0.39 is 0 Å². The molecule has 1 aliphatic carbocycles. The quantitative estimate of drug-likeness (QED) is 0.688. The lowest BCUT2D eigenvalue weighted by atomic mass is 10.3. The molecule has 0 radical (unpaired) electrons. The van der Waals surface area contributed by atoms with Gasteiger partial charge in [0.25, 0.3) is 0 Å². The normalized spacial score (nSPS) is 30.6. The lowest BCUT2D eigenvalue weighted by molar-refractivity contribution is 1.19. The average molecular weight is 282 g/mol. The zero-order valence-corrected chi connectivity index (χ0v) is 9.17. The van der Waals surface area contributed by atoms with Gasteiger partial charge < -0.3 is 0 Å². The summed E-state index contributed by atoms with van der Waals surface area (Å²) in [5, 5.41) is 0. The van der Waals surface area contributed by atoms with Gasteiger partial charge in [-0.2, -0.15) is 0 Å². The second-order valence-electron chi connectivity index (χ2n) is 2.50. The topological polar surface area (TPSA) is 0 Å². The monoisotopic (exact) mass is 280 g/mol. The fourth-order valence-corrected chi connectivity index (χ4v) is 3.45. The molecule has 1 aromatic rings.